The fourth-order valence-electron chi connectivity index (χ4n) is 3.03. The largest absolute Gasteiger partial charge is 0.485 e. The van der Waals surface area contributed by atoms with Crippen molar-refractivity contribution in [3.63, 3.8) is 0 Å². The van der Waals surface area contributed by atoms with Crippen molar-refractivity contribution in [2.45, 2.75) is 53.3 Å². The van der Waals surface area contributed by atoms with E-state index in [0.29, 0.717) is 12.3 Å². The number of rotatable bonds is 8. The lowest BCUT2D eigenvalue weighted by Gasteiger charge is -2.15. The maximum absolute atomic E-state index is 12.4. The van der Waals surface area contributed by atoms with Gasteiger partial charge in [0.15, 0.2) is 5.76 Å². The second kappa shape index (κ2) is 9.18. The minimum Gasteiger partial charge on any atom is -0.485 e. The normalized spacial score (nSPS) is 11.1. The molecule has 1 amide bonds. The summed E-state index contributed by atoms with van der Waals surface area (Å²) in [6.07, 6.45) is 1.72. The quantitative estimate of drug-likeness (QED) is 0.556. The summed E-state index contributed by atoms with van der Waals surface area (Å²) in [4.78, 5) is 12.4. The molecule has 0 aliphatic rings. The van der Waals surface area contributed by atoms with Gasteiger partial charge in [0, 0.05) is 17.8 Å². The van der Waals surface area contributed by atoms with E-state index in [0.717, 1.165) is 34.1 Å². The topological polar surface area (TPSA) is 69.3 Å². The van der Waals surface area contributed by atoms with Gasteiger partial charge in [0.1, 0.15) is 18.1 Å². The number of furan rings is 1. The van der Waals surface area contributed by atoms with Crippen molar-refractivity contribution in [1.82, 2.24) is 15.1 Å². The fourth-order valence-corrected chi connectivity index (χ4v) is 3.20. The molecule has 0 spiro atoms. The average Bonchev–Trinajstić information content (AvgIpc) is 3.35. The number of halogens is 1. The molecule has 154 valence electrons. The SMILES string of the molecule is CCn1nccc1CNC(=O)c1ccc(COc2cc(C)c(Cl)cc2C(C)C)o1. The Hall–Kier alpha value is -2.73. The molecular formula is C22H26ClN3O3. The Kier molecular flexibility index (Phi) is 6.64. The van der Waals surface area contributed by atoms with Gasteiger partial charge in [-0.15, -0.1) is 0 Å². The van der Waals surface area contributed by atoms with Crippen LogP contribution >= 0.6 is 11.6 Å². The Balaban J connectivity index is 1.62. The van der Waals surface area contributed by atoms with Crippen molar-refractivity contribution in [2.75, 3.05) is 0 Å². The van der Waals surface area contributed by atoms with E-state index in [1.54, 1.807) is 18.3 Å². The molecule has 0 aliphatic carbocycles. The highest BCUT2D eigenvalue weighted by molar-refractivity contribution is 6.31. The summed E-state index contributed by atoms with van der Waals surface area (Å²) in [5, 5.41) is 7.77. The lowest BCUT2D eigenvalue weighted by Crippen LogP contribution is -2.24. The van der Waals surface area contributed by atoms with Crippen LogP contribution in [0, 0.1) is 6.92 Å². The molecule has 0 unspecified atom stereocenters. The van der Waals surface area contributed by atoms with Gasteiger partial charge >= 0.3 is 0 Å². The molecule has 7 heteroatoms. The smallest absolute Gasteiger partial charge is 0.287 e. The predicted octanol–water partition coefficient (Wildman–Crippen LogP) is 5.09. The first-order valence-electron chi connectivity index (χ1n) is 9.69. The van der Waals surface area contributed by atoms with Crippen molar-refractivity contribution < 1.29 is 13.9 Å². The van der Waals surface area contributed by atoms with Crippen LogP contribution in [0.5, 0.6) is 5.75 Å². The second-order valence-electron chi connectivity index (χ2n) is 7.17. The summed E-state index contributed by atoms with van der Waals surface area (Å²) in [5.41, 5.74) is 2.94. The van der Waals surface area contributed by atoms with Gasteiger partial charge in [0.05, 0.1) is 12.2 Å². The third-order valence-electron chi connectivity index (χ3n) is 4.70. The highest BCUT2D eigenvalue weighted by atomic mass is 35.5. The second-order valence-corrected chi connectivity index (χ2v) is 7.58. The molecule has 29 heavy (non-hydrogen) atoms. The monoisotopic (exact) mass is 415 g/mol. The summed E-state index contributed by atoms with van der Waals surface area (Å²) in [6, 6.07) is 9.17. The summed E-state index contributed by atoms with van der Waals surface area (Å²) >= 11 is 6.25. The summed E-state index contributed by atoms with van der Waals surface area (Å²) in [5.74, 6) is 1.61. The number of carbonyl (C=O) groups excluding carboxylic acids is 1. The van der Waals surface area contributed by atoms with Crippen LogP contribution in [-0.2, 0) is 19.7 Å². The van der Waals surface area contributed by atoms with Crippen LogP contribution in [0.15, 0.2) is 40.9 Å². The molecule has 1 aromatic carbocycles. The van der Waals surface area contributed by atoms with E-state index in [-0.39, 0.29) is 24.2 Å². The third kappa shape index (κ3) is 5.01. The molecule has 6 nitrogen and oxygen atoms in total. The zero-order valence-electron chi connectivity index (χ0n) is 17.2. The van der Waals surface area contributed by atoms with Crippen LogP contribution < -0.4 is 10.1 Å². The van der Waals surface area contributed by atoms with E-state index in [2.05, 4.69) is 24.3 Å². The molecule has 0 bridgehead atoms. The van der Waals surface area contributed by atoms with Crippen molar-refractivity contribution >= 4 is 17.5 Å². The highest BCUT2D eigenvalue weighted by Gasteiger charge is 2.15. The first-order valence-corrected chi connectivity index (χ1v) is 10.1. The number of hydrogen-bond acceptors (Lipinski definition) is 4. The maximum Gasteiger partial charge on any atom is 0.287 e. The molecule has 3 rings (SSSR count). The van der Waals surface area contributed by atoms with Gasteiger partial charge < -0.3 is 14.5 Å². The van der Waals surface area contributed by atoms with E-state index in [4.69, 9.17) is 20.8 Å². The van der Waals surface area contributed by atoms with Gasteiger partial charge in [-0.1, -0.05) is 25.4 Å². The molecule has 0 saturated heterocycles. The van der Waals surface area contributed by atoms with Crippen molar-refractivity contribution in [3.05, 3.63) is 69.9 Å². The van der Waals surface area contributed by atoms with Crippen molar-refractivity contribution in [1.29, 1.82) is 0 Å². The Morgan fingerprint density at radius 2 is 2.10 bits per heavy atom. The Bertz CT molecular complexity index is 991. The molecule has 3 aromatic rings. The highest BCUT2D eigenvalue weighted by Crippen LogP contribution is 2.32. The number of nitrogens with one attached hydrogen (secondary N) is 1. The molecule has 0 saturated carbocycles. The molecule has 0 atom stereocenters. The van der Waals surface area contributed by atoms with Crippen LogP contribution in [0.1, 0.15) is 59.8 Å². The lowest BCUT2D eigenvalue weighted by atomic mass is 10.0. The molecule has 0 radical (unpaired) electrons. The number of aryl methyl sites for hydroxylation is 2. The minimum atomic E-state index is -0.273. The van der Waals surface area contributed by atoms with Gasteiger partial charge in [-0.3, -0.25) is 9.48 Å². The lowest BCUT2D eigenvalue weighted by molar-refractivity contribution is 0.0918. The first-order chi connectivity index (χ1) is 13.9. The molecule has 2 heterocycles. The van der Waals surface area contributed by atoms with E-state index >= 15 is 0 Å². The molecule has 1 N–H and O–H groups in total. The number of nitrogens with zero attached hydrogens (tertiary/aromatic N) is 2. The van der Waals surface area contributed by atoms with Crippen molar-refractivity contribution in [3.8, 4) is 5.75 Å². The van der Waals surface area contributed by atoms with Gasteiger partial charge in [0.2, 0.25) is 0 Å². The number of aromatic nitrogens is 2. The summed E-state index contributed by atoms with van der Waals surface area (Å²) < 4.78 is 13.5. The predicted molar refractivity (Wildman–Crippen MR) is 112 cm³/mol. The number of hydrogen-bond donors (Lipinski definition) is 1. The first kappa shape index (κ1) is 21.0. The maximum atomic E-state index is 12.4. The van der Waals surface area contributed by atoms with E-state index < -0.39 is 0 Å². The zero-order chi connectivity index (χ0) is 21.0. The number of ether oxygens (including phenoxy) is 1. The fraction of sp³-hybridized carbons (Fsp3) is 0.364. The van der Waals surface area contributed by atoms with Gasteiger partial charge in [-0.05, 0) is 61.2 Å². The van der Waals surface area contributed by atoms with E-state index in [9.17, 15) is 4.79 Å². The minimum absolute atomic E-state index is 0.233. The summed E-state index contributed by atoms with van der Waals surface area (Å²) in [6.45, 7) is 9.51. The molecular weight excluding hydrogens is 390 g/mol. The molecule has 0 aliphatic heterocycles. The number of amides is 1. The summed E-state index contributed by atoms with van der Waals surface area (Å²) in [7, 11) is 0. The Labute approximate surface area is 175 Å². The number of benzene rings is 1. The average molecular weight is 416 g/mol. The standard InChI is InChI=1S/C22H26ClN3O3/c1-5-26-16(8-9-25-26)12-24-22(27)20-7-6-17(29-20)13-28-21-10-15(4)19(23)11-18(21)14(2)3/h6-11,14H,5,12-13H2,1-4H3,(H,24,27). The van der Waals surface area contributed by atoms with E-state index in [1.165, 1.54) is 0 Å². The van der Waals surface area contributed by atoms with Crippen LogP contribution in [0.25, 0.3) is 0 Å². The Morgan fingerprint density at radius 3 is 2.83 bits per heavy atom. The van der Waals surface area contributed by atoms with Crippen LogP contribution in [0.3, 0.4) is 0 Å². The molecule has 0 fully saturated rings. The van der Waals surface area contributed by atoms with Gasteiger partial charge in [-0.25, -0.2) is 0 Å². The van der Waals surface area contributed by atoms with Gasteiger partial charge in [0.25, 0.3) is 5.91 Å². The van der Waals surface area contributed by atoms with Crippen LogP contribution in [0.2, 0.25) is 5.02 Å². The zero-order valence-corrected chi connectivity index (χ0v) is 17.9. The van der Waals surface area contributed by atoms with Crippen molar-refractivity contribution in [2.24, 2.45) is 0 Å². The van der Waals surface area contributed by atoms with Crippen LogP contribution in [0.4, 0.5) is 0 Å². The van der Waals surface area contributed by atoms with Gasteiger partial charge in [-0.2, -0.15) is 5.10 Å². The molecule has 2 aromatic heterocycles. The van der Waals surface area contributed by atoms with Crippen LogP contribution in [-0.4, -0.2) is 15.7 Å². The third-order valence-corrected chi connectivity index (χ3v) is 5.11. The number of carbonyl (C=O) groups is 1. The van der Waals surface area contributed by atoms with E-state index in [1.807, 2.05) is 36.7 Å². The Morgan fingerprint density at radius 1 is 1.31 bits per heavy atom.